The van der Waals surface area contributed by atoms with Crippen molar-refractivity contribution in [2.45, 2.75) is 26.2 Å². The van der Waals surface area contributed by atoms with Crippen molar-refractivity contribution >= 4 is 5.91 Å². The van der Waals surface area contributed by atoms with E-state index in [0.29, 0.717) is 11.7 Å². The van der Waals surface area contributed by atoms with E-state index in [1.165, 1.54) is 0 Å². The Morgan fingerprint density at radius 2 is 2.28 bits per heavy atom. The van der Waals surface area contributed by atoms with Crippen LogP contribution in [0.2, 0.25) is 0 Å². The summed E-state index contributed by atoms with van der Waals surface area (Å²) in [6.45, 7) is 0.510. The van der Waals surface area contributed by atoms with Crippen LogP contribution in [-0.4, -0.2) is 52.2 Å². The third-order valence-electron chi connectivity index (χ3n) is 2.20. The number of alkyl halides is 2. The van der Waals surface area contributed by atoms with Crippen molar-refractivity contribution in [1.29, 1.82) is 0 Å². The van der Waals surface area contributed by atoms with E-state index in [1.54, 1.807) is 6.92 Å². The molecule has 1 aromatic heterocycles. The molecule has 0 fully saturated rings. The van der Waals surface area contributed by atoms with Gasteiger partial charge in [-0.25, -0.2) is 8.78 Å². The second-order valence-electron chi connectivity index (χ2n) is 3.69. The van der Waals surface area contributed by atoms with Crippen LogP contribution in [0.3, 0.4) is 0 Å². The fraction of sp³-hybridized carbons (Fsp3) is 0.700. The summed E-state index contributed by atoms with van der Waals surface area (Å²) in [7, 11) is 0. The normalized spacial score (nSPS) is 10.9. The second kappa shape index (κ2) is 7.00. The molecule has 6 nitrogen and oxygen atoms in total. The Hall–Kier alpha value is -1.57. The summed E-state index contributed by atoms with van der Waals surface area (Å²) >= 11 is 0. The van der Waals surface area contributed by atoms with E-state index in [9.17, 15) is 13.6 Å². The van der Waals surface area contributed by atoms with Crippen molar-refractivity contribution in [3.8, 4) is 0 Å². The number of hydrogen-bond donors (Lipinski definition) is 1. The zero-order valence-corrected chi connectivity index (χ0v) is 9.97. The maximum Gasteiger partial charge on any atom is 0.255 e. The lowest BCUT2D eigenvalue weighted by atomic mass is 10.2. The highest BCUT2D eigenvalue weighted by atomic mass is 19.3. The van der Waals surface area contributed by atoms with Gasteiger partial charge in [-0.05, 0) is 6.92 Å². The number of carbonyl (C=O) groups is 1. The summed E-state index contributed by atoms with van der Waals surface area (Å²) in [6, 6.07) is 0. The van der Waals surface area contributed by atoms with Crippen LogP contribution in [0.5, 0.6) is 0 Å². The van der Waals surface area contributed by atoms with Gasteiger partial charge in [-0.3, -0.25) is 4.79 Å². The van der Waals surface area contributed by atoms with E-state index in [1.807, 2.05) is 0 Å². The van der Waals surface area contributed by atoms with Crippen LogP contribution in [0.15, 0.2) is 4.52 Å². The molecule has 0 aliphatic rings. The number of aryl methyl sites for hydroxylation is 2. The molecule has 0 aromatic carbocycles. The Balaban J connectivity index is 2.45. The van der Waals surface area contributed by atoms with Crippen LogP contribution in [0, 0.1) is 6.92 Å². The van der Waals surface area contributed by atoms with E-state index < -0.39 is 18.9 Å². The third-order valence-corrected chi connectivity index (χ3v) is 2.20. The Morgan fingerprint density at radius 3 is 2.78 bits per heavy atom. The fourth-order valence-corrected chi connectivity index (χ4v) is 1.42. The van der Waals surface area contributed by atoms with Gasteiger partial charge < -0.3 is 14.5 Å². The van der Waals surface area contributed by atoms with Gasteiger partial charge in [0.1, 0.15) is 0 Å². The van der Waals surface area contributed by atoms with Gasteiger partial charge in [0.15, 0.2) is 5.82 Å². The van der Waals surface area contributed by atoms with Crippen molar-refractivity contribution in [2.24, 2.45) is 0 Å². The SMILES string of the molecule is Cc1noc(CCC(=O)N(CCO)CC(F)F)n1. The van der Waals surface area contributed by atoms with Crippen LogP contribution >= 0.6 is 0 Å². The number of aromatic nitrogens is 2. The third kappa shape index (κ3) is 4.74. The minimum Gasteiger partial charge on any atom is -0.395 e. The van der Waals surface area contributed by atoms with Crippen LogP contribution < -0.4 is 0 Å². The number of amides is 1. The predicted octanol–water partition coefficient (Wildman–Crippen LogP) is 0.397. The van der Waals surface area contributed by atoms with Gasteiger partial charge in [0.2, 0.25) is 11.8 Å². The molecule has 0 radical (unpaired) electrons. The Labute approximate surface area is 103 Å². The largest absolute Gasteiger partial charge is 0.395 e. The van der Waals surface area contributed by atoms with Crippen molar-refractivity contribution < 1.29 is 23.2 Å². The molecule has 1 N–H and O–H groups in total. The lowest BCUT2D eigenvalue weighted by Gasteiger charge is -2.20. The first kappa shape index (κ1) is 14.5. The van der Waals surface area contributed by atoms with Gasteiger partial charge in [-0.15, -0.1) is 0 Å². The van der Waals surface area contributed by atoms with Crippen molar-refractivity contribution in [3.63, 3.8) is 0 Å². The number of aliphatic hydroxyl groups excluding tert-OH is 1. The molecule has 0 saturated carbocycles. The quantitative estimate of drug-likeness (QED) is 0.770. The minimum atomic E-state index is -2.62. The average Bonchev–Trinajstić information content (AvgIpc) is 2.71. The first-order valence-corrected chi connectivity index (χ1v) is 5.49. The molecule has 1 aromatic rings. The highest BCUT2D eigenvalue weighted by molar-refractivity contribution is 5.76. The molecule has 0 atom stereocenters. The van der Waals surface area contributed by atoms with Crippen LogP contribution in [0.1, 0.15) is 18.1 Å². The Morgan fingerprint density at radius 1 is 1.56 bits per heavy atom. The lowest BCUT2D eigenvalue weighted by Crippen LogP contribution is -2.37. The van der Waals surface area contributed by atoms with E-state index >= 15 is 0 Å². The molecule has 0 saturated heterocycles. The molecule has 0 aliphatic carbocycles. The summed E-state index contributed by atoms with van der Waals surface area (Å²) in [6.07, 6.45) is -2.43. The second-order valence-corrected chi connectivity index (χ2v) is 3.69. The molecule has 1 amide bonds. The Kier molecular flexibility index (Phi) is 5.63. The summed E-state index contributed by atoms with van der Waals surface area (Å²) in [5, 5.41) is 12.3. The molecule has 0 unspecified atom stereocenters. The van der Waals surface area contributed by atoms with E-state index in [2.05, 4.69) is 10.1 Å². The first-order chi connectivity index (χ1) is 8.52. The van der Waals surface area contributed by atoms with E-state index in [4.69, 9.17) is 9.63 Å². The molecular formula is C10H15F2N3O3. The zero-order valence-electron chi connectivity index (χ0n) is 9.97. The van der Waals surface area contributed by atoms with Gasteiger partial charge in [0.25, 0.3) is 6.43 Å². The standard InChI is InChI=1S/C10H15F2N3O3/c1-7-13-9(18-14-7)2-3-10(17)15(4-5-16)6-8(11)12/h8,16H,2-6H2,1H3. The number of hydrogen-bond acceptors (Lipinski definition) is 5. The van der Waals surface area contributed by atoms with Gasteiger partial charge in [0, 0.05) is 19.4 Å². The summed E-state index contributed by atoms with van der Waals surface area (Å²) in [5.41, 5.74) is 0. The maximum atomic E-state index is 12.2. The maximum absolute atomic E-state index is 12.2. The summed E-state index contributed by atoms with van der Waals surface area (Å²) < 4.78 is 29.2. The highest BCUT2D eigenvalue weighted by Gasteiger charge is 2.18. The van der Waals surface area contributed by atoms with Crippen LogP contribution in [0.25, 0.3) is 0 Å². The van der Waals surface area contributed by atoms with E-state index in [0.717, 1.165) is 4.90 Å². The van der Waals surface area contributed by atoms with Gasteiger partial charge >= 0.3 is 0 Å². The minimum absolute atomic E-state index is 0.00560. The van der Waals surface area contributed by atoms with Gasteiger partial charge in [-0.2, -0.15) is 4.98 Å². The molecule has 0 aliphatic heterocycles. The first-order valence-electron chi connectivity index (χ1n) is 5.49. The van der Waals surface area contributed by atoms with Crippen molar-refractivity contribution in [1.82, 2.24) is 15.0 Å². The van der Waals surface area contributed by atoms with Gasteiger partial charge in [0.05, 0.1) is 13.2 Å². The van der Waals surface area contributed by atoms with E-state index in [-0.39, 0.29) is 26.0 Å². The highest BCUT2D eigenvalue weighted by Crippen LogP contribution is 2.05. The van der Waals surface area contributed by atoms with Crippen molar-refractivity contribution in [3.05, 3.63) is 11.7 Å². The Bertz CT molecular complexity index is 384. The number of nitrogens with zero attached hydrogens (tertiary/aromatic N) is 3. The average molecular weight is 263 g/mol. The number of aliphatic hydroxyl groups is 1. The van der Waals surface area contributed by atoms with Gasteiger partial charge in [-0.1, -0.05) is 5.16 Å². The monoisotopic (exact) mass is 263 g/mol. The molecule has 1 rings (SSSR count). The summed E-state index contributed by atoms with van der Waals surface area (Å²) in [5.74, 6) is 0.277. The molecule has 0 spiro atoms. The van der Waals surface area contributed by atoms with Crippen LogP contribution in [-0.2, 0) is 11.2 Å². The van der Waals surface area contributed by atoms with Crippen molar-refractivity contribution in [2.75, 3.05) is 19.7 Å². The topological polar surface area (TPSA) is 79.5 Å². The fourth-order valence-electron chi connectivity index (χ4n) is 1.42. The predicted molar refractivity (Wildman–Crippen MR) is 57.0 cm³/mol. The smallest absolute Gasteiger partial charge is 0.255 e. The summed E-state index contributed by atoms with van der Waals surface area (Å²) in [4.78, 5) is 16.5. The zero-order chi connectivity index (χ0) is 13.5. The molecule has 0 bridgehead atoms. The number of halogens is 2. The number of carbonyl (C=O) groups excluding carboxylic acids is 1. The van der Waals surface area contributed by atoms with Crippen LogP contribution in [0.4, 0.5) is 8.78 Å². The molecule has 8 heteroatoms. The molecule has 102 valence electrons. The molecule has 18 heavy (non-hydrogen) atoms. The molecule has 1 heterocycles. The molecular weight excluding hydrogens is 248 g/mol. The lowest BCUT2D eigenvalue weighted by molar-refractivity contribution is -0.133. The number of rotatable bonds is 7.